The van der Waals surface area contributed by atoms with Crippen molar-refractivity contribution in [3.63, 3.8) is 0 Å². The number of aliphatic hydroxyl groups is 3. The van der Waals surface area contributed by atoms with Crippen molar-refractivity contribution in [2.75, 3.05) is 6.61 Å². The standard InChI is InChI=1S/C50H93NO4/c1-3-5-7-9-11-13-15-17-19-21-23-24-25-27-28-30-32-34-36-38-40-42-44-48(53)50(55)47(46-52)51-49(54)45-43-41-39-37-35-33-31-29-26-22-20-18-16-14-12-10-8-6-4-2/h12,14,16,18,28,30,36,38,47-48,50,52-53,55H,3-11,13,15,17,19-27,29,31-35,37,39-46H2,1-2H3,(H,51,54)/b14-12-,18-16-,30-28+,38-36+. The van der Waals surface area contributed by atoms with Crippen LogP contribution in [0.4, 0.5) is 0 Å². The van der Waals surface area contributed by atoms with Gasteiger partial charge in [0.2, 0.25) is 5.91 Å². The number of aliphatic hydroxyl groups excluding tert-OH is 3. The fraction of sp³-hybridized carbons (Fsp3) is 0.820. The van der Waals surface area contributed by atoms with E-state index in [1.54, 1.807) is 0 Å². The molecular weight excluding hydrogens is 679 g/mol. The maximum absolute atomic E-state index is 12.4. The molecule has 322 valence electrons. The van der Waals surface area contributed by atoms with Crippen LogP contribution in [-0.2, 0) is 4.79 Å². The number of carbonyl (C=O) groups excluding carboxylic acids is 1. The molecule has 5 heteroatoms. The summed E-state index contributed by atoms with van der Waals surface area (Å²) in [5, 5.41) is 33.6. The molecule has 0 saturated carbocycles. The van der Waals surface area contributed by atoms with Crippen molar-refractivity contribution >= 4 is 5.91 Å². The van der Waals surface area contributed by atoms with Crippen molar-refractivity contribution in [3.05, 3.63) is 48.6 Å². The van der Waals surface area contributed by atoms with Crippen LogP contribution in [0.1, 0.15) is 239 Å². The van der Waals surface area contributed by atoms with Gasteiger partial charge < -0.3 is 20.6 Å². The highest BCUT2D eigenvalue weighted by Crippen LogP contribution is 2.15. The smallest absolute Gasteiger partial charge is 0.220 e. The van der Waals surface area contributed by atoms with E-state index in [1.165, 1.54) is 167 Å². The van der Waals surface area contributed by atoms with Crippen LogP contribution in [0.5, 0.6) is 0 Å². The molecule has 0 bridgehead atoms. The number of unbranched alkanes of at least 4 members (excludes halogenated alkanes) is 28. The van der Waals surface area contributed by atoms with Gasteiger partial charge >= 0.3 is 0 Å². The van der Waals surface area contributed by atoms with Crippen LogP contribution in [0.15, 0.2) is 48.6 Å². The molecule has 4 N–H and O–H groups in total. The zero-order chi connectivity index (χ0) is 40.1. The van der Waals surface area contributed by atoms with E-state index < -0.39 is 18.2 Å². The van der Waals surface area contributed by atoms with Crippen molar-refractivity contribution in [1.29, 1.82) is 0 Å². The second-order valence-corrected chi connectivity index (χ2v) is 16.3. The Kier molecular flexibility index (Phi) is 43.6. The van der Waals surface area contributed by atoms with Crippen molar-refractivity contribution in [1.82, 2.24) is 5.32 Å². The van der Waals surface area contributed by atoms with Gasteiger partial charge in [-0.3, -0.25) is 4.79 Å². The van der Waals surface area contributed by atoms with Gasteiger partial charge in [-0.05, 0) is 77.0 Å². The Balaban J connectivity index is 3.68. The molecule has 0 aromatic rings. The van der Waals surface area contributed by atoms with E-state index in [1.807, 2.05) is 0 Å². The Bertz CT molecular complexity index is 896. The highest BCUT2D eigenvalue weighted by molar-refractivity contribution is 5.76. The molecule has 0 fully saturated rings. The number of rotatable bonds is 43. The lowest BCUT2D eigenvalue weighted by Crippen LogP contribution is -2.50. The lowest BCUT2D eigenvalue weighted by atomic mass is 10.0. The number of allylic oxidation sites excluding steroid dienone is 8. The van der Waals surface area contributed by atoms with Gasteiger partial charge in [-0.1, -0.05) is 204 Å². The number of hydrogen-bond acceptors (Lipinski definition) is 4. The van der Waals surface area contributed by atoms with Crippen LogP contribution in [0, 0.1) is 0 Å². The Hall–Kier alpha value is -1.69. The Labute approximate surface area is 342 Å². The minimum absolute atomic E-state index is 0.163. The SMILES string of the molecule is CCCCC/C=C\C=C/CCCCCCCCCCCCC(=O)NC(CO)C(O)C(O)CCC/C=C/CC/C=C/CCCCCCCCCCCCCCC. The summed E-state index contributed by atoms with van der Waals surface area (Å²) in [5.74, 6) is -0.163. The van der Waals surface area contributed by atoms with E-state index in [2.05, 4.69) is 67.8 Å². The van der Waals surface area contributed by atoms with Gasteiger partial charge in [-0.25, -0.2) is 0 Å². The van der Waals surface area contributed by atoms with Gasteiger partial charge in [0.05, 0.1) is 18.8 Å². The van der Waals surface area contributed by atoms with Gasteiger partial charge in [-0.15, -0.1) is 0 Å². The lowest BCUT2D eigenvalue weighted by molar-refractivity contribution is -0.124. The zero-order valence-corrected chi connectivity index (χ0v) is 36.6. The average Bonchev–Trinajstić information content (AvgIpc) is 3.19. The van der Waals surface area contributed by atoms with Crippen LogP contribution in [-0.4, -0.2) is 46.1 Å². The van der Waals surface area contributed by atoms with E-state index >= 15 is 0 Å². The van der Waals surface area contributed by atoms with Gasteiger partial charge in [0.1, 0.15) is 6.10 Å². The van der Waals surface area contributed by atoms with E-state index in [9.17, 15) is 20.1 Å². The van der Waals surface area contributed by atoms with Gasteiger partial charge in [0, 0.05) is 6.42 Å². The molecule has 55 heavy (non-hydrogen) atoms. The van der Waals surface area contributed by atoms with Crippen LogP contribution in [0.3, 0.4) is 0 Å². The van der Waals surface area contributed by atoms with Gasteiger partial charge in [0.15, 0.2) is 0 Å². The van der Waals surface area contributed by atoms with Crippen LogP contribution in [0.25, 0.3) is 0 Å². The number of nitrogens with one attached hydrogen (secondary N) is 1. The molecule has 0 spiro atoms. The van der Waals surface area contributed by atoms with Crippen molar-refractivity contribution < 1.29 is 20.1 Å². The second kappa shape index (κ2) is 45.0. The van der Waals surface area contributed by atoms with E-state index in [0.717, 1.165) is 44.9 Å². The van der Waals surface area contributed by atoms with E-state index in [-0.39, 0.29) is 12.5 Å². The van der Waals surface area contributed by atoms with Gasteiger partial charge in [0.25, 0.3) is 0 Å². The fourth-order valence-electron chi connectivity index (χ4n) is 7.17. The first kappa shape index (κ1) is 53.3. The van der Waals surface area contributed by atoms with E-state index in [4.69, 9.17) is 0 Å². The molecule has 0 rings (SSSR count). The van der Waals surface area contributed by atoms with E-state index in [0.29, 0.717) is 12.8 Å². The first-order valence-electron chi connectivity index (χ1n) is 23.9. The minimum Gasteiger partial charge on any atom is -0.394 e. The third-order valence-electron chi connectivity index (χ3n) is 10.9. The Morgan fingerprint density at radius 2 is 0.800 bits per heavy atom. The summed E-state index contributed by atoms with van der Waals surface area (Å²) in [5.41, 5.74) is 0. The van der Waals surface area contributed by atoms with Gasteiger partial charge in [-0.2, -0.15) is 0 Å². The minimum atomic E-state index is -1.17. The average molecular weight is 772 g/mol. The molecule has 0 heterocycles. The van der Waals surface area contributed by atoms with Crippen molar-refractivity contribution in [2.45, 2.75) is 257 Å². The Morgan fingerprint density at radius 3 is 1.25 bits per heavy atom. The molecule has 0 aliphatic heterocycles. The molecule has 0 aliphatic rings. The van der Waals surface area contributed by atoms with Crippen LogP contribution < -0.4 is 5.32 Å². The third kappa shape index (κ3) is 40.3. The summed E-state index contributed by atoms with van der Waals surface area (Å²) in [6.45, 7) is 4.14. The lowest BCUT2D eigenvalue weighted by Gasteiger charge is -2.26. The summed E-state index contributed by atoms with van der Waals surface area (Å²) in [6, 6.07) is -0.835. The zero-order valence-electron chi connectivity index (χ0n) is 36.6. The highest BCUT2D eigenvalue weighted by atomic mass is 16.3. The normalized spacial score (nSPS) is 13.9. The van der Waals surface area contributed by atoms with Crippen molar-refractivity contribution in [2.24, 2.45) is 0 Å². The number of carbonyl (C=O) groups is 1. The molecule has 5 nitrogen and oxygen atoms in total. The van der Waals surface area contributed by atoms with Crippen LogP contribution >= 0.6 is 0 Å². The third-order valence-corrected chi connectivity index (χ3v) is 10.9. The molecule has 0 radical (unpaired) electrons. The largest absolute Gasteiger partial charge is 0.394 e. The molecule has 0 aromatic heterocycles. The topological polar surface area (TPSA) is 89.8 Å². The molecule has 0 aliphatic carbocycles. The predicted octanol–water partition coefficient (Wildman–Crippen LogP) is 14.1. The predicted molar refractivity (Wildman–Crippen MR) is 241 cm³/mol. The monoisotopic (exact) mass is 772 g/mol. The first-order chi connectivity index (χ1) is 27.1. The summed E-state index contributed by atoms with van der Waals surface area (Å²) >= 11 is 0. The summed E-state index contributed by atoms with van der Waals surface area (Å²) in [4.78, 5) is 12.4. The van der Waals surface area contributed by atoms with Crippen molar-refractivity contribution in [3.8, 4) is 0 Å². The fourth-order valence-corrected chi connectivity index (χ4v) is 7.17. The van der Waals surface area contributed by atoms with Crippen LogP contribution in [0.2, 0.25) is 0 Å². The number of amides is 1. The Morgan fingerprint density at radius 1 is 0.455 bits per heavy atom. The molecule has 1 amide bonds. The molecule has 3 unspecified atom stereocenters. The summed E-state index contributed by atoms with van der Waals surface area (Å²) in [6.07, 6.45) is 58.0. The molecular formula is C50H93NO4. The summed E-state index contributed by atoms with van der Waals surface area (Å²) in [7, 11) is 0. The molecule has 3 atom stereocenters. The first-order valence-corrected chi connectivity index (χ1v) is 23.9. The summed E-state index contributed by atoms with van der Waals surface area (Å²) < 4.78 is 0. The maximum atomic E-state index is 12.4. The number of hydrogen-bond donors (Lipinski definition) is 4. The molecule has 0 saturated heterocycles. The highest BCUT2D eigenvalue weighted by Gasteiger charge is 2.26. The molecule has 0 aromatic carbocycles. The quantitative estimate of drug-likeness (QED) is 0.0282. The second-order valence-electron chi connectivity index (χ2n) is 16.3. The maximum Gasteiger partial charge on any atom is 0.220 e.